The number of carbonyl (C=O) groups excluding carboxylic acids is 1. The maximum atomic E-state index is 12.7. The first-order valence-electron chi connectivity index (χ1n) is 7.00. The molecule has 1 aliphatic carbocycles. The van der Waals surface area contributed by atoms with Crippen molar-refractivity contribution in [3.8, 4) is 5.75 Å². The monoisotopic (exact) mass is 286 g/mol. The van der Waals surface area contributed by atoms with Crippen LogP contribution < -0.4 is 4.74 Å². The fourth-order valence-corrected chi connectivity index (χ4v) is 3.94. The minimum atomic E-state index is 0.0879. The van der Waals surface area contributed by atoms with E-state index in [1.807, 2.05) is 25.1 Å². The average Bonchev–Trinajstić information content (AvgIpc) is 2.90. The normalized spacial score (nSPS) is 13.9. The Morgan fingerprint density at radius 3 is 2.75 bits per heavy atom. The summed E-state index contributed by atoms with van der Waals surface area (Å²) in [7, 11) is 1.61. The lowest BCUT2D eigenvalue weighted by atomic mass is 9.98. The van der Waals surface area contributed by atoms with Gasteiger partial charge in [0.2, 0.25) is 5.78 Å². The third-order valence-electron chi connectivity index (χ3n) is 3.82. The van der Waals surface area contributed by atoms with Crippen molar-refractivity contribution in [1.82, 2.24) is 0 Å². The number of carbonyl (C=O) groups is 1. The molecule has 0 N–H and O–H groups in total. The lowest BCUT2D eigenvalue weighted by Crippen LogP contribution is -2.02. The van der Waals surface area contributed by atoms with E-state index in [1.54, 1.807) is 18.4 Å². The molecule has 0 saturated heterocycles. The number of rotatable bonds is 3. The minimum Gasteiger partial charge on any atom is -0.496 e. The summed E-state index contributed by atoms with van der Waals surface area (Å²) in [6.45, 7) is 2.00. The van der Waals surface area contributed by atoms with E-state index in [0.29, 0.717) is 11.3 Å². The zero-order valence-corrected chi connectivity index (χ0v) is 12.7. The standard InChI is InChI=1S/C17H18O2S/c1-11-7-8-14(19-2)13(9-11)17(18)16-10-12-5-3-4-6-15(12)20-16/h7-10H,3-6H2,1-2H3. The summed E-state index contributed by atoms with van der Waals surface area (Å²) in [5, 5.41) is 0. The number of fused-ring (bicyclic) bond motifs is 1. The molecule has 1 aromatic heterocycles. The molecule has 0 bridgehead atoms. The van der Waals surface area contributed by atoms with E-state index < -0.39 is 0 Å². The van der Waals surface area contributed by atoms with E-state index >= 15 is 0 Å². The van der Waals surface area contributed by atoms with E-state index in [1.165, 1.54) is 23.3 Å². The highest BCUT2D eigenvalue weighted by molar-refractivity contribution is 7.14. The van der Waals surface area contributed by atoms with E-state index in [0.717, 1.165) is 23.3 Å². The summed E-state index contributed by atoms with van der Waals surface area (Å²) in [6.07, 6.45) is 4.72. The molecule has 1 aliphatic rings. The van der Waals surface area contributed by atoms with Gasteiger partial charge in [0.1, 0.15) is 5.75 Å². The number of hydrogen-bond donors (Lipinski definition) is 0. The van der Waals surface area contributed by atoms with Crippen LogP contribution in [0.4, 0.5) is 0 Å². The Balaban J connectivity index is 2.00. The van der Waals surface area contributed by atoms with Gasteiger partial charge in [-0.25, -0.2) is 0 Å². The molecule has 0 fully saturated rings. The van der Waals surface area contributed by atoms with Gasteiger partial charge in [0, 0.05) is 4.88 Å². The van der Waals surface area contributed by atoms with E-state index in [2.05, 4.69) is 6.07 Å². The summed E-state index contributed by atoms with van der Waals surface area (Å²) in [4.78, 5) is 15.0. The Bertz CT molecular complexity index is 632. The van der Waals surface area contributed by atoms with Gasteiger partial charge in [-0.15, -0.1) is 11.3 Å². The summed E-state index contributed by atoms with van der Waals surface area (Å²) < 4.78 is 5.33. The molecule has 0 amide bonds. The Morgan fingerprint density at radius 1 is 1.20 bits per heavy atom. The number of ketones is 1. The van der Waals surface area contributed by atoms with Gasteiger partial charge in [0.25, 0.3) is 0 Å². The van der Waals surface area contributed by atoms with Crippen LogP contribution in [0.3, 0.4) is 0 Å². The lowest BCUT2D eigenvalue weighted by molar-refractivity contribution is 0.103. The molecule has 0 aliphatic heterocycles. The van der Waals surface area contributed by atoms with Gasteiger partial charge in [-0.1, -0.05) is 11.6 Å². The van der Waals surface area contributed by atoms with Crippen LogP contribution in [0.2, 0.25) is 0 Å². The molecule has 0 saturated carbocycles. The second-order valence-corrected chi connectivity index (χ2v) is 6.44. The molecule has 2 nitrogen and oxygen atoms in total. The molecule has 1 aromatic carbocycles. The number of aryl methyl sites for hydroxylation is 3. The van der Waals surface area contributed by atoms with Crippen molar-refractivity contribution in [1.29, 1.82) is 0 Å². The average molecular weight is 286 g/mol. The second-order valence-electron chi connectivity index (χ2n) is 5.30. The topological polar surface area (TPSA) is 26.3 Å². The lowest BCUT2D eigenvalue weighted by Gasteiger charge is -2.08. The first kappa shape index (κ1) is 13.4. The van der Waals surface area contributed by atoms with Crippen molar-refractivity contribution in [2.75, 3.05) is 7.11 Å². The molecule has 0 unspecified atom stereocenters. The van der Waals surface area contributed by atoms with Gasteiger partial charge < -0.3 is 4.74 Å². The minimum absolute atomic E-state index is 0.0879. The highest BCUT2D eigenvalue weighted by Crippen LogP contribution is 2.32. The molecule has 2 aromatic rings. The molecule has 0 atom stereocenters. The number of hydrogen-bond acceptors (Lipinski definition) is 3. The molecule has 20 heavy (non-hydrogen) atoms. The third kappa shape index (κ3) is 2.38. The predicted octanol–water partition coefficient (Wildman–Crippen LogP) is 4.17. The van der Waals surface area contributed by atoms with Crippen molar-refractivity contribution >= 4 is 17.1 Å². The molecule has 0 spiro atoms. The van der Waals surface area contributed by atoms with Crippen molar-refractivity contribution in [2.24, 2.45) is 0 Å². The van der Waals surface area contributed by atoms with Gasteiger partial charge in [-0.3, -0.25) is 4.79 Å². The van der Waals surface area contributed by atoms with Gasteiger partial charge in [-0.2, -0.15) is 0 Å². The van der Waals surface area contributed by atoms with Crippen molar-refractivity contribution in [3.63, 3.8) is 0 Å². The van der Waals surface area contributed by atoms with Gasteiger partial charge in [-0.05, 0) is 56.4 Å². The zero-order chi connectivity index (χ0) is 14.1. The van der Waals surface area contributed by atoms with E-state index in [4.69, 9.17) is 4.74 Å². The maximum absolute atomic E-state index is 12.7. The highest BCUT2D eigenvalue weighted by atomic mass is 32.1. The molecule has 3 heteroatoms. The fourth-order valence-electron chi connectivity index (χ4n) is 2.73. The molecule has 3 rings (SSSR count). The number of ether oxygens (including phenoxy) is 1. The first-order valence-corrected chi connectivity index (χ1v) is 7.81. The molecular formula is C17H18O2S. The molecule has 104 valence electrons. The summed E-state index contributed by atoms with van der Waals surface area (Å²) in [6, 6.07) is 7.84. The smallest absolute Gasteiger partial charge is 0.206 e. The van der Waals surface area contributed by atoms with Crippen molar-refractivity contribution in [2.45, 2.75) is 32.6 Å². The van der Waals surface area contributed by atoms with Crippen LogP contribution in [0.25, 0.3) is 0 Å². The van der Waals surface area contributed by atoms with Crippen molar-refractivity contribution in [3.05, 3.63) is 50.7 Å². The van der Waals surface area contributed by atoms with Crippen LogP contribution in [-0.4, -0.2) is 12.9 Å². The third-order valence-corrected chi connectivity index (χ3v) is 5.06. The Hall–Kier alpha value is -1.61. The van der Waals surface area contributed by atoms with Crippen LogP contribution in [0.1, 0.15) is 44.1 Å². The Kier molecular flexibility index (Phi) is 3.62. The molecule has 0 radical (unpaired) electrons. The summed E-state index contributed by atoms with van der Waals surface area (Å²) in [5.41, 5.74) is 3.12. The van der Waals surface area contributed by atoms with Crippen LogP contribution in [0.15, 0.2) is 24.3 Å². The second kappa shape index (κ2) is 5.41. The van der Waals surface area contributed by atoms with E-state index in [-0.39, 0.29) is 5.78 Å². The zero-order valence-electron chi connectivity index (χ0n) is 11.9. The first-order chi connectivity index (χ1) is 9.69. The molecular weight excluding hydrogens is 268 g/mol. The maximum Gasteiger partial charge on any atom is 0.206 e. The summed E-state index contributed by atoms with van der Waals surface area (Å²) in [5.74, 6) is 0.747. The van der Waals surface area contributed by atoms with Gasteiger partial charge in [0.05, 0.1) is 17.6 Å². The number of methoxy groups -OCH3 is 1. The Morgan fingerprint density at radius 2 is 2.00 bits per heavy atom. The van der Waals surface area contributed by atoms with Crippen LogP contribution in [0.5, 0.6) is 5.75 Å². The van der Waals surface area contributed by atoms with Gasteiger partial charge in [0.15, 0.2) is 0 Å². The van der Waals surface area contributed by atoms with Crippen LogP contribution in [-0.2, 0) is 12.8 Å². The Labute approximate surface area is 123 Å². The SMILES string of the molecule is COc1ccc(C)cc1C(=O)c1cc2c(s1)CCCC2. The van der Waals surface area contributed by atoms with Crippen LogP contribution in [0, 0.1) is 6.92 Å². The van der Waals surface area contributed by atoms with Crippen LogP contribution >= 0.6 is 11.3 Å². The number of benzene rings is 1. The predicted molar refractivity (Wildman–Crippen MR) is 82.1 cm³/mol. The largest absolute Gasteiger partial charge is 0.496 e. The summed E-state index contributed by atoms with van der Waals surface area (Å²) >= 11 is 1.66. The molecule has 1 heterocycles. The van der Waals surface area contributed by atoms with Crippen molar-refractivity contribution < 1.29 is 9.53 Å². The van der Waals surface area contributed by atoms with E-state index in [9.17, 15) is 4.79 Å². The number of thiophene rings is 1. The quantitative estimate of drug-likeness (QED) is 0.791. The van der Waals surface area contributed by atoms with Gasteiger partial charge >= 0.3 is 0 Å². The highest BCUT2D eigenvalue weighted by Gasteiger charge is 2.20. The fraction of sp³-hybridized carbons (Fsp3) is 0.353.